The van der Waals surface area contributed by atoms with Crippen molar-refractivity contribution in [3.63, 3.8) is 0 Å². The topological polar surface area (TPSA) is 47.0 Å². The Hall–Kier alpha value is -1.62. The molecule has 1 heterocycles. The summed E-state index contributed by atoms with van der Waals surface area (Å²) in [5.74, 6) is 2.93. The molecule has 1 aliphatic carbocycles. The van der Waals surface area contributed by atoms with E-state index in [2.05, 4.69) is 31.2 Å². The molecular formula is C16H18BrN3O. The normalized spacial score (nSPS) is 14.0. The van der Waals surface area contributed by atoms with Crippen molar-refractivity contribution in [3.05, 3.63) is 45.7 Å². The standard InChI is InChI=1S/C16H18BrN3O/c1-10-14(18-2)19-15(11-7-8-11)20-16(10)21-9-12-5-3-4-6-13(12)17/h3-6,11H,7-9H2,1-2H3,(H,18,19,20). The van der Waals surface area contributed by atoms with Gasteiger partial charge < -0.3 is 10.1 Å². The molecule has 1 fully saturated rings. The maximum Gasteiger partial charge on any atom is 0.222 e. The number of nitrogens with one attached hydrogen (secondary N) is 1. The molecule has 1 aliphatic rings. The number of benzene rings is 1. The lowest BCUT2D eigenvalue weighted by atomic mass is 10.2. The van der Waals surface area contributed by atoms with Crippen LogP contribution in [0.5, 0.6) is 5.88 Å². The molecule has 0 radical (unpaired) electrons. The van der Waals surface area contributed by atoms with Crippen LogP contribution in [0.25, 0.3) is 0 Å². The van der Waals surface area contributed by atoms with Gasteiger partial charge in [0.25, 0.3) is 0 Å². The lowest BCUT2D eigenvalue weighted by Gasteiger charge is -2.13. The molecule has 0 spiro atoms. The number of rotatable bonds is 5. The van der Waals surface area contributed by atoms with Gasteiger partial charge in [0.2, 0.25) is 5.88 Å². The second-order valence-corrected chi connectivity index (χ2v) is 6.12. The molecule has 1 saturated carbocycles. The molecule has 4 nitrogen and oxygen atoms in total. The zero-order valence-corrected chi connectivity index (χ0v) is 13.8. The van der Waals surface area contributed by atoms with Gasteiger partial charge in [-0.3, -0.25) is 0 Å². The predicted molar refractivity (Wildman–Crippen MR) is 86.8 cm³/mol. The van der Waals surface area contributed by atoms with Crippen molar-refractivity contribution in [3.8, 4) is 5.88 Å². The van der Waals surface area contributed by atoms with E-state index in [9.17, 15) is 0 Å². The Morgan fingerprint density at radius 1 is 1.29 bits per heavy atom. The fourth-order valence-corrected chi connectivity index (χ4v) is 2.58. The summed E-state index contributed by atoms with van der Waals surface area (Å²) in [6.07, 6.45) is 2.35. The summed E-state index contributed by atoms with van der Waals surface area (Å²) in [4.78, 5) is 9.17. The number of hydrogen-bond acceptors (Lipinski definition) is 4. The van der Waals surface area contributed by atoms with Crippen LogP contribution in [-0.2, 0) is 6.61 Å². The molecule has 1 aromatic heterocycles. The predicted octanol–water partition coefficient (Wildman–Crippen LogP) is 4.05. The van der Waals surface area contributed by atoms with E-state index >= 15 is 0 Å². The first-order valence-electron chi connectivity index (χ1n) is 7.11. The van der Waals surface area contributed by atoms with E-state index in [0.29, 0.717) is 18.4 Å². The molecular weight excluding hydrogens is 330 g/mol. The van der Waals surface area contributed by atoms with Gasteiger partial charge in [-0.05, 0) is 25.8 Å². The Bertz CT molecular complexity index is 656. The third-order valence-electron chi connectivity index (χ3n) is 3.62. The highest BCUT2D eigenvalue weighted by Crippen LogP contribution is 2.40. The molecule has 1 aromatic carbocycles. The van der Waals surface area contributed by atoms with Gasteiger partial charge in [-0.1, -0.05) is 34.1 Å². The molecule has 110 valence electrons. The van der Waals surface area contributed by atoms with Gasteiger partial charge in [-0.15, -0.1) is 0 Å². The molecule has 0 saturated heterocycles. The Morgan fingerprint density at radius 3 is 2.71 bits per heavy atom. The van der Waals surface area contributed by atoms with Crippen LogP contribution in [0.2, 0.25) is 0 Å². The van der Waals surface area contributed by atoms with Crippen LogP contribution < -0.4 is 10.1 Å². The maximum absolute atomic E-state index is 5.94. The highest BCUT2D eigenvalue weighted by molar-refractivity contribution is 9.10. The van der Waals surface area contributed by atoms with Crippen LogP contribution in [-0.4, -0.2) is 17.0 Å². The van der Waals surface area contributed by atoms with Gasteiger partial charge in [-0.2, -0.15) is 4.98 Å². The van der Waals surface area contributed by atoms with Gasteiger partial charge in [0.15, 0.2) is 0 Å². The highest BCUT2D eigenvalue weighted by Gasteiger charge is 2.28. The quantitative estimate of drug-likeness (QED) is 0.886. The third-order valence-corrected chi connectivity index (χ3v) is 4.39. The highest BCUT2D eigenvalue weighted by atomic mass is 79.9. The second kappa shape index (κ2) is 6.02. The fraction of sp³-hybridized carbons (Fsp3) is 0.375. The van der Waals surface area contributed by atoms with E-state index in [-0.39, 0.29) is 0 Å². The van der Waals surface area contributed by atoms with Crippen molar-refractivity contribution >= 4 is 21.7 Å². The van der Waals surface area contributed by atoms with Gasteiger partial charge in [0.05, 0.1) is 5.56 Å². The number of ether oxygens (including phenoxy) is 1. The molecule has 0 bridgehead atoms. The number of halogens is 1. The Balaban J connectivity index is 1.84. The third kappa shape index (κ3) is 3.18. The van der Waals surface area contributed by atoms with Gasteiger partial charge >= 0.3 is 0 Å². The Morgan fingerprint density at radius 2 is 2.05 bits per heavy atom. The lowest BCUT2D eigenvalue weighted by molar-refractivity contribution is 0.289. The van der Waals surface area contributed by atoms with Crippen LogP contribution in [0.1, 0.15) is 35.7 Å². The van der Waals surface area contributed by atoms with Crippen LogP contribution in [0, 0.1) is 6.92 Å². The molecule has 21 heavy (non-hydrogen) atoms. The minimum absolute atomic E-state index is 0.493. The summed E-state index contributed by atoms with van der Waals surface area (Å²) in [5, 5.41) is 3.13. The molecule has 0 aliphatic heterocycles. The van der Waals surface area contributed by atoms with Crippen molar-refractivity contribution in [2.75, 3.05) is 12.4 Å². The maximum atomic E-state index is 5.94. The zero-order chi connectivity index (χ0) is 14.8. The monoisotopic (exact) mass is 347 g/mol. The van der Waals surface area contributed by atoms with E-state index in [1.807, 2.05) is 38.2 Å². The summed E-state index contributed by atoms with van der Waals surface area (Å²) >= 11 is 3.54. The SMILES string of the molecule is CNc1nc(C2CC2)nc(OCc2ccccc2Br)c1C. The van der Waals surface area contributed by atoms with E-state index < -0.39 is 0 Å². The van der Waals surface area contributed by atoms with Crippen molar-refractivity contribution in [1.29, 1.82) is 0 Å². The zero-order valence-electron chi connectivity index (χ0n) is 12.2. The summed E-state index contributed by atoms with van der Waals surface area (Å²) in [6, 6.07) is 8.06. The van der Waals surface area contributed by atoms with Crippen molar-refractivity contribution < 1.29 is 4.74 Å². The first-order valence-corrected chi connectivity index (χ1v) is 7.91. The van der Waals surface area contributed by atoms with Crippen LogP contribution in [0.3, 0.4) is 0 Å². The van der Waals surface area contributed by atoms with E-state index in [1.54, 1.807) is 0 Å². The number of hydrogen-bond donors (Lipinski definition) is 1. The van der Waals surface area contributed by atoms with Gasteiger partial charge in [0, 0.05) is 23.0 Å². The largest absolute Gasteiger partial charge is 0.472 e. The first kappa shape index (κ1) is 14.3. The smallest absolute Gasteiger partial charge is 0.222 e. The average molecular weight is 348 g/mol. The van der Waals surface area contributed by atoms with E-state index in [4.69, 9.17) is 4.74 Å². The van der Waals surface area contributed by atoms with Crippen LogP contribution >= 0.6 is 15.9 Å². The Kier molecular flexibility index (Phi) is 4.10. The summed E-state index contributed by atoms with van der Waals surface area (Å²) in [6.45, 7) is 2.48. The van der Waals surface area contributed by atoms with E-state index in [0.717, 1.165) is 27.2 Å². The van der Waals surface area contributed by atoms with Crippen LogP contribution in [0.4, 0.5) is 5.82 Å². The summed E-state index contributed by atoms with van der Waals surface area (Å²) in [7, 11) is 1.88. The lowest BCUT2D eigenvalue weighted by Crippen LogP contribution is -2.07. The van der Waals surface area contributed by atoms with Crippen molar-refractivity contribution in [2.45, 2.75) is 32.3 Å². The van der Waals surface area contributed by atoms with E-state index in [1.165, 1.54) is 12.8 Å². The molecule has 5 heteroatoms. The second-order valence-electron chi connectivity index (χ2n) is 5.26. The van der Waals surface area contributed by atoms with Crippen LogP contribution in [0.15, 0.2) is 28.7 Å². The van der Waals surface area contributed by atoms with Crippen molar-refractivity contribution in [2.24, 2.45) is 0 Å². The molecule has 0 unspecified atom stereocenters. The molecule has 2 aromatic rings. The summed E-state index contributed by atoms with van der Waals surface area (Å²) in [5.41, 5.74) is 2.06. The van der Waals surface area contributed by atoms with Crippen molar-refractivity contribution in [1.82, 2.24) is 9.97 Å². The average Bonchev–Trinajstić information content (AvgIpc) is 3.32. The number of nitrogens with zero attached hydrogens (tertiary/aromatic N) is 2. The minimum Gasteiger partial charge on any atom is -0.472 e. The number of aromatic nitrogens is 2. The Labute approximate surface area is 133 Å². The molecule has 0 atom stereocenters. The first-order chi connectivity index (χ1) is 10.2. The minimum atomic E-state index is 0.493. The molecule has 1 N–H and O–H groups in total. The summed E-state index contributed by atoms with van der Waals surface area (Å²) < 4.78 is 6.99. The fourth-order valence-electron chi connectivity index (χ4n) is 2.18. The molecule has 3 rings (SSSR count). The van der Waals surface area contributed by atoms with Gasteiger partial charge in [0.1, 0.15) is 18.2 Å². The number of anilines is 1. The van der Waals surface area contributed by atoms with Gasteiger partial charge in [-0.25, -0.2) is 4.98 Å². The molecule has 0 amide bonds.